The second-order valence-electron chi connectivity index (χ2n) is 3.32. The number of rotatable bonds is 1. The molecule has 0 aliphatic heterocycles. The number of nitrogens with zero attached hydrogens (tertiary/aromatic N) is 3. The van der Waals surface area contributed by atoms with Crippen LogP contribution in [-0.2, 0) is 0 Å². The van der Waals surface area contributed by atoms with Gasteiger partial charge in [-0.25, -0.2) is 4.98 Å². The van der Waals surface area contributed by atoms with Crippen molar-refractivity contribution in [3.63, 3.8) is 0 Å². The van der Waals surface area contributed by atoms with Gasteiger partial charge in [-0.1, -0.05) is 0 Å². The van der Waals surface area contributed by atoms with E-state index in [4.69, 9.17) is 5.73 Å². The van der Waals surface area contributed by atoms with Crippen molar-refractivity contribution < 1.29 is 0 Å². The van der Waals surface area contributed by atoms with Gasteiger partial charge in [0.25, 0.3) is 0 Å². The summed E-state index contributed by atoms with van der Waals surface area (Å²) in [7, 11) is 0. The molecule has 15 heavy (non-hydrogen) atoms. The van der Waals surface area contributed by atoms with Gasteiger partial charge < -0.3 is 10.1 Å². The van der Waals surface area contributed by atoms with E-state index in [-0.39, 0.29) is 0 Å². The van der Waals surface area contributed by atoms with Crippen LogP contribution < -0.4 is 5.73 Å². The first-order chi connectivity index (χ1) is 7.33. The Kier molecular flexibility index (Phi) is 1.53. The van der Waals surface area contributed by atoms with Crippen molar-refractivity contribution in [2.75, 3.05) is 5.73 Å². The number of aromatic nitrogens is 4. The van der Waals surface area contributed by atoms with Crippen LogP contribution >= 0.6 is 0 Å². The lowest BCUT2D eigenvalue weighted by Crippen LogP contribution is -1.85. The fourth-order valence-corrected chi connectivity index (χ4v) is 1.56. The van der Waals surface area contributed by atoms with Gasteiger partial charge in [0.05, 0.1) is 5.69 Å². The molecule has 0 unspecified atom stereocenters. The van der Waals surface area contributed by atoms with Crippen LogP contribution in [0.4, 0.5) is 5.82 Å². The van der Waals surface area contributed by atoms with Gasteiger partial charge in [0, 0.05) is 30.2 Å². The van der Waals surface area contributed by atoms with E-state index in [0.29, 0.717) is 5.82 Å². The Labute approximate surface area is 85.6 Å². The molecule has 0 aromatic carbocycles. The van der Waals surface area contributed by atoms with Crippen LogP contribution in [0.5, 0.6) is 0 Å². The lowest BCUT2D eigenvalue weighted by Gasteiger charge is -1.98. The van der Waals surface area contributed by atoms with Gasteiger partial charge in [0.1, 0.15) is 11.5 Å². The predicted molar refractivity (Wildman–Crippen MR) is 57.2 cm³/mol. The first kappa shape index (κ1) is 8.05. The van der Waals surface area contributed by atoms with E-state index in [0.717, 1.165) is 16.9 Å². The topological polar surface area (TPSA) is 72.0 Å². The van der Waals surface area contributed by atoms with Crippen LogP contribution in [0.2, 0.25) is 0 Å². The summed E-state index contributed by atoms with van der Waals surface area (Å²) in [5.41, 5.74) is 8.41. The van der Waals surface area contributed by atoms with Crippen molar-refractivity contribution in [1.29, 1.82) is 0 Å². The number of nitrogen functional groups attached to an aromatic ring is 1. The molecule has 0 saturated carbocycles. The van der Waals surface area contributed by atoms with Gasteiger partial charge in [-0.05, 0) is 12.1 Å². The number of pyridine rings is 1. The molecule has 0 aliphatic rings. The molecule has 0 spiro atoms. The van der Waals surface area contributed by atoms with Gasteiger partial charge in [0.15, 0.2) is 0 Å². The third kappa shape index (κ3) is 1.25. The van der Waals surface area contributed by atoms with Crippen molar-refractivity contribution in [2.45, 2.75) is 0 Å². The number of imidazole rings is 1. The van der Waals surface area contributed by atoms with Crippen LogP contribution in [0.25, 0.3) is 16.9 Å². The normalized spacial score (nSPS) is 10.9. The predicted octanol–water partition coefficient (Wildman–Crippen LogP) is 1.31. The SMILES string of the molecule is Nc1cc(-c2ccc3nccn3c2)[nH]n1. The molecule has 0 aliphatic carbocycles. The van der Waals surface area contributed by atoms with Crippen LogP contribution in [0.3, 0.4) is 0 Å². The molecule has 3 aromatic heterocycles. The highest BCUT2D eigenvalue weighted by Crippen LogP contribution is 2.18. The molecule has 0 radical (unpaired) electrons. The molecule has 3 heterocycles. The Bertz CT molecular complexity index is 607. The van der Waals surface area contributed by atoms with Crippen molar-refractivity contribution in [2.24, 2.45) is 0 Å². The molecule has 0 amide bonds. The van der Waals surface area contributed by atoms with Gasteiger partial charge >= 0.3 is 0 Å². The Morgan fingerprint density at radius 2 is 2.27 bits per heavy atom. The summed E-state index contributed by atoms with van der Waals surface area (Å²) in [6.45, 7) is 0. The van der Waals surface area contributed by atoms with Crippen molar-refractivity contribution in [3.05, 3.63) is 36.8 Å². The number of H-pyrrole nitrogens is 1. The number of fused-ring (bicyclic) bond motifs is 1. The Hall–Kier alpha value is -2.30. The van der Waals surface area contributed by atoms with Crippen LogP contribution in [-0.4, -0.2) is 19.6 Å². The van der Waals surface area contributed by atoms with Crippen LogP contribution in [0.15, 0.2) is 36.8 Å². The maximum Gasteiger partial charge on any atom is 0.145 e. The van der Waals surface area contributed by atoms with Gasteiger partial charge in [-0.3, -0.25) is 5.10 Å². The Balaban J connectivity index is 2.18. The first-order valence-electron chi connectivity index (χ1n) is 4.57. The second kappa shape index (κ2) is 2.84. The average molecular weight is 199 g/mol. The molecular formula is C10H9N5. The fourth-order valence-electron chi connectivity index (χ4n) is 1.56. The maximum atomic E-state index is 5.55. The fraction of sp³-hybridized carbons (Fsp3) is 0. The lowest BCUT2D eigenvalue weighted by molar-refractivity contribution is 1.10. The molecule has 3 rings (SSSR count). The molecule has 0 saturated heterocycles. The van der Waals surface area contributed by atoms with Crippen molar-refractivity contribution in [3.8, 4) is 11.3 Å². The van der Waals surface area contributed by atoms with E-state index in [9.17, 15) is 0 Å². The lowest BCUT2D eigenvalue weighted by atomic mass is 10.2. The van der Waals surface area contributed by atoms with Gasteiger partial charge in [-0.2, -0.15) is 5.10 Å². The van der Waals surface area contributed by atoms with E-state index in [1.165, 1.54) is 0 Å². The zero-order chi connectivity index (χ0) is 10.3. The summed E-state index contributed by atoms with van der Waals surface area (Å²) in [6, 6.07) is 5.74. The zero-order valence-corrected chi connectivity index (χ0v) is 7.88. The average Bonchev–Trinajstić information content (AvgIpc) is 2.84. The highest BCUT2D eigenvalue weighted by Gasteiger charge is 2.02. The van der Waals surface area contributed by atoms with Crippen molar-refractivity contribution in [1.82, 2.24) is 19.6 Å². The van der Waals surface area contributed by atoms with E-state index >= 15 is 0 Å². The van der Waals surface area contributed by atoms with E-state index in [1.807, 2.05) is 28.9 Å². The molecular weight excluding hydrogens is 190 g/mol. The van der Waals surface area contributed by atoms with Crippen LogP contribution in [0.1, 0.15) is 0 Å². The summed E-state index contributed by atoms with van der Waals surface area (Å²) in [5.74, 6) is 0.496. The zero-order valence-electron chi connectivity index (χ0n) is 7.88. The van der Waals surface area contributed by atoms with Gasteiger partial charge in [0.2, 0.25) is 0 Å². The molecule has 0 atom stereocenters. The third-order valence-corrected chi connectivity index (χ3v) is 2.30. The summed E-state index contributed by atoms with van der Waals surface area (Å²) in [4.78, 5) is 4.17. The summed E-state index contributed by atoms with van der Waals surface area (Å²) >= 11 is 0. The maximum absolute atomic E-state index is 5.55. The van der Waals surface area contributed by atoms with E-state index < -0.39 is 0 Å². The summed E-state index contributed by atoms with van der Waals surface area (Å²) in [6.07, 6.45) is 5.65. The Morgan fingerprint density at radius 3 is 3.07 bits per heavy atom. The largest absolute Gasteiger partial charge is 0.382 e. The smallest absolute Gasteiger partial charge is 0.145 e. The summed E-state index contributed by atoms with van der Waals surface area (Å²) in [5, 5.41) is 6.76. The molecule has 5 nitrogen and oxygen atoms in total. The number of nitrogens with two attached hydrogens (primary N) is 1. The monoisotopic (exact) mass is 199 g/mol. The molecule has 0 fully saturated rings. The third-order valence-electron chi connectivity index (χ3n) is 2.30. The number of hydrogen-bond donors (Lipinski definition) is 2. The second-order valence-corrected chi connectivity index (χ2v) is 3.32. The number of hydrogen-bond acceptors (Lipinski definition) is 3. The first-order valence-corrected chi connectivity index (χ1v) is 4.57. The number of aromatic amines is 1. The summed E-state index contributed by atoms with van der Waals surface area (Å²) < 4.78 is 1.95. The minimum absolute atomic E-state index is 0.496. The standard InChI is InChI=1S/C10H9N5/c11-9-5-8(13-14-9)7-1-2-10-12-3-4-15(10)6-7/h1-6H,(H3,11,13,14). The van der Waals surface area contributed by atoms with Crippen molar-refractivity contribution >= 4 is 11.5 Å². The van der Waals surface area contributed by atoms with E-state index in [2.05, 4.69) is 15.2 Å². The molecule has 5 heteroatoms. The Morgan fingerprint density at radius 1 is 1.33 bits per heavy atom. The van der Waals surface area contributed by atoms with Gasteiger partial charge in [-0.15, -0.1) is 0 Å². The highest BCUT2D eigenvalue weighted by atomic mass is 15.2. The minimum atomic E-state index is 0.496. The molecule has 3 aromatic rings. The highest BCUT2D eigenvalue weighted by molar-refractivity contribution is 5.63. The number of anilines is 1. The van der Waals surface area contributed by atoms with E-state index in [1.54, 1.807) is 12.3 Å². The molecule has 74 valence electrons. The van der Waals surface area contributed by atoms with Crippen LogP contribution in [0, 0.1) is 0 Å². The quantitative estimate of drug-likeness (QED) is 0.620. The molecule has 0 bridgehead atoms. The molecule has 3 N–H and O–H groups in total. The minimum Gasteiger partial charge on any atom is -0.382 e. The number of nitrogens with one attached hydrogen (secondary N) is 1.